The molecule has 0 fully saturated rings. The molecular formula is C25H26ClN5O4S. The van der Waals surface area contributed by atoms with Gasteiger partial charge in [0.05, 0.1) is 6.26 Å². The number of hydrogen-bond acceptors (Lipinski definition) is 4. The number of halogens is 1. The third-order valence-corrected chi connectivity index (χ3v) is 5.62. The van der Waals surface area contributed by atoms with Crippen LogP contribution in [0, 0.1) is 0 Å². The fraction of sp³-hybridized carbons (Fsp3) is 0.160. The minimum Gasteiger partial charge on any atom is -0.362 e. The molecule has 11 heteroatoms. The van der Waals surface area contributed by atoms with Gasteiger partial charge in [-0.15, -0.1) is 4.40 Å². The highest BCUT2D eigenvalue weighted by Crippen LogP contribution is 2.19. The molecule has 3 aromatic carbocycles. The summed E-state index contributed by atoms with van der Waals surface area (Å²) in [4.78, 5) is 27.4. The number of anilines is 2. The van der Waals surface area contributed by atoms with Crippen LogP contribution in [0.3, 0.4) is 0 Å². The number of hydrogen-bond donors (Lipinski definition) is 3. The molecule has 0 aliphatic heterocycles. The third-order valence-electron chi connectivity index (χ3n) is 4.86. The predicted molar refractivity (Wildman–Crippen MR) is 143 cm³/mol. The van der Waals surface area contributed by atoms with Crippen molar-refractivity contribution < 1.29 is 18.0 Å². The molecule has 0 radical (unpaired) electrons. The highest BCUT2D eigenvalue weighted by atomic mass is 35.5. The number of carbonyl (C=O) groups is 2. The van der Waals surface area contributed by atoms with Gasteiger partial charge in [0, 0.05) is 36.1 Å². The normalized spacial score (nSPS) is 12.4. The highest BCUT2D eigenvalue weighted by molar-refractivity contribution is 7.89. The molecule has 0 saturated heterocycles. The quantitative estimate of drug-likeness (QED) is 0.315. The molecule has 3 amide bonds. The van der Waals surface area contributed by atoms with Crippen molar-refractivity contribution in [2.24, 2.45) is 4.40 Å². The fourth-order valence-corrected chi connectivity index (χ4v) is 3.95. The summed E-state index contributed by atoms with van der Waals surface area (Å²) in [5.74, 6) is -0.198. The van der Waals surface area contributed by atoms with Crippen LogP contribution in [0.2, 0.25) is 5.02 Å². The number of carbonyl (C=O) groups excluding carboxylic acids is 2. The Hall–Kier alpha value is -3.89. The number of nitrogens with zero attached hydrogens (tertiary/aromatic N) is 2. The summed E-state index contributed by atoms with van der Waals surface area (Å²) in [5, 5.41) is 8.71. The maximum absolute atomic E-state index is 13.2. The molecule has 0 spiro atoms. The van der Waals surface area contributed by atoms with Gasteiger partial charge in [-0.3, -0.25) is 4.79 Å². The van der Waals surface area contributed by atoms with Crippen LogP contribution in [0.25, 0.3) is 0 Å². The second kappa shape index (κ2) is 11.7. The van der Waals surface area contributed by atoms with Gasteiger partial charge in [-0.2, -0.15) is 0 Å². The zero-order valence-corrected chi connectivity index (χ0v) is 21.5. The van der Waals surface area contributed by atoms with Crippen molar-refractivity contribution in [3.8, 4) is 0 Å². The lowest BCUT2D eigenvalue weighted by atomic mass is 10.1. The zero-order chi connectivity index (χ0) is 26.3. The Balaban J connectivity index is 1.78. The van der Waals surface area contributed by atoms with Gasteiger partial charge in [0.15, 0.2) is 0 Å². The Morgan fingerprint density at radius 1 is 0.861 bits per heavy atom. The van der Waals surface area contributed by atoms with Crippen molar-refractivity contribution in [3.63, 3.8) is 0 Å². The Morgan fingerprint density at radius 2 is 1.42 bits per heavy atom. The number of urea groups is 1. The second-order valence-electron chi connectivity index (χ2n) is 8.06. The van der Waals surface area contributed by atoms with E-state index in [-0.39, 0.29) is 5.84 Å². The average molecular weight is 528 g/mol. The Kier molecular flexibility index (Phi) is 8.68. The Morgan fingerprint density at radius 3 is 1.97 bits per heavy atom. The molecule has 0 saturated carbocycles. The maximum atomic E-state index is 13.2. The minimum absolute atomic E-state index is 0.262. The number of amidine groups is 1. The molecule has 36 heavy (non-hydrogen) atoms. The Bertz CT molecular complexity index is 1340. The van der Waals surface area contributed by atoms with Gasteiger partial charge in [-0.1, -0.05) is 41.9 Å². The molecule has 1 unspecified atom stereocenters. The van der Waals surface area contributed by atoms with E-state index in [1.807, 2.05) is 6.07 Å². The van der Waals surface area contributed by atoms with Crippen LogP contribution in [0.1, 0.15) is 17.2 Å². The van der Waals surface area contributed by atoms with Crippen molar-refractivity contribution >= 4 is 50.8 Å². The van der Waals surface area contributed by atoms with Crippen molar-refractivity contribution in [2.45, 2.75) is 6.04 Å². The molecule has 0 heterocycles. The first-order valence-corrected chi connectivity index (χ1v) is 13.0. The lowest BCUT2D eigenvalue weighted by Gasteiger charge is -2.20. The lowest BCUT2D eigenvalue weighted by Crippen LogP contribution is -2.39. The number of benzene rings is 3. The van der Waals surface area contributed by atoms with E-state index in [1.165, 1.54) is 0 Å². The summed E-state index contributed by atoms with van der Waals surface area (Å²) in [6.07, 6.45) is 1.02. The summed E-state index contributed by atoms with van der Waals surface area (Å²) < 4.78 is 27.1. The summed E-state index contributed by atoms with van der Waals surface area (Å²) in [6, 6.07) is 20.4. The van der Waals surface area contributed by atoms with E-state index >= 15 is 0 Å². The van der Waals surface area contributed by atoms with E-state index in [0.29, 0.717) is 27.5 Å². The van der Waals surface area contributed by atoms with Crippen LogP contribution in [0.4, 0.5) is 16.2 Å². The first-order valence-electron chi connectivity index (χ1n) is 10.8. The van der Waals surface area contributed by atoms with Gasteiger partial charge in [-0.05, 0) is 54.1 Å². The van der Waals surface area contributed by atoms with Gasteiger partial charge in [-0.25, -0.2) is 13.2 Å². The maximum Gasteiger partial charge on any atom is 0.320 e. The molecule has 3 rings (SSSR count). The summed E-state index contributed by atoms with van der Waals surface area (Å²) in [7, 11) is -0.229. The lowest BCUT2D eigenvalue weighted by molar-refractivity contribution is -0.118. The van der Waals surface area contributed by atoms with E-state index in [1.54, 1.807) is 91.8 Å². The van der Waals surface area contributed by atoms with Crippen LogP contribution in [-0.4, -0.2) is 51.4 Å². The molecule has 0 aliphatic rings. The van der Waals surface area contributed by atoms with E-state index in [4.69, 9.17) is 11.6 Å². The van der Waals surface area contributed by atoms with E-state index < -0.39 is 28.0 Å². The molecule has 1 atom stereocenters. The van der Waals surface area contributed by atoms with Gasteiger partial charge in [0.2, 0.25) is 0 Å². The monoisotopic (exact) mass is 527 g/mol. The van der Waals surface area contributed by atoms with E-state index in [0.717, 1.165) is 6.26 Å². The van der Waals surface area contributed by atoms with E-state index in [2.05, 4.69) is 20.3 Å². The molecule has 0 aromatic heterocycles. The Labute approximate surface area is 215 Å². The standard InChI is InChI=1S/C25H26ClN5O4S/c1-31(2)23(30-36(3,34)35)18-9-13-20(14-10-18)27-24(32)22(17-7-5-4-6-8-17)29-25(33)28-21-15-11-19(26)12-16-21/h4-16,22H,1-3H3,(H,27,32)(H2,28,29,33)/b30-23+. The van der Waals surface area contributed by atoms with Crippen LogP contribution in [0.15, 0.2) is 83.3 Å². The summed E-state index contributed by atoms with van der Waals surface area (Å²) >= 11 is 5.88. The van der Waals surface area contributed by atoms with Crippen molar-refractivity contribution in [1.82, 2.24) is 10.2 Å². The second-order valence-corrected chi connectivity index (χ2v) is 10.1. The van der Waals surface area contributed by atoms with Crippen molar-refractivity contribution in [1.29, 1.82) is 0 Å². The molecule has 3 N–H and O–H groups in total. The molecule has 3 aromatic rings. The summed E-state index contributed by atoms with van der Waals surface area (Å²) in [5.41, 5.74) is 2.13. The number of rotatable bonds is 7. The molecule has 188 valence electrons. The summed E-state index contributed by atoms with van der Waals surface area (Å²) in [6.45, 7) is 0. The topological polar surface area (TPSA) is 120 Å². The van der Waals surface area contributed by atoms with Crippen molar-refractivity contribution in [2.75, 3.05) is 31.0 Å². The van der Waals surface area contributed by atoms with Crippen LogP contribution >= 0.6 is 11.6 Å². The van der Waals surface area contributed by atoms with Crippen LogP contribution in [-0.2, 0) is 14.8 Å². The van der Waals surface area contributed by atoms with E-state index in [9.17, 15) is 18.0 Å². The van der Waals surface area contributed by atoms with Crippen LogP contribution < -0.4 is 16.0 Å². The minimum atomic E-state index is -3.60. The number of nitrogens with one attached hydrogen (secondary N) is 3. The first kappa shape index (κ1) is 26.7. The molecule has 9 nitrogen and oxygen atoms in total. The average Bonchev–Trinajstić information content (AvgIpc) is 2.83. The largest absolute Gasteiger partial charge is 0.362 e. The molecular weight excluding hydrogens is 502 g/mol. The molecule has 0 aliphatic carbocycles. The predicted octanol–water partition coefficient (Wildman–Crippen LogP) is 4.11. The fourth-order valence-electron chi connectivity index (χ4n) is 3.24. The number of sulfonamides is 1. The third kappa shape index (κ3) is 7.82. The SMILES string of the molecule is CN(C)/C(=N/S(C)(=O)=O)c1ccc(NC(=O)C(NC(=O)Nc2ccc(Cl)cc2)c2ccccc2)cc1. The van der Waals surface area contributed by atoms with Gasteiger partial charge in [0.25, 0.3) is 15.9 Å². The van der Waals surface area contributed by atoms with Gasteiger partial charge >= 0.3 is 6.03 Å². The smallest absolute Gasteiger partial charge is 0.320 e. The van der Waals surface area contributed by atoms with Crippen molar-refractivity contribution in [3.05, 3.63) is 95.0 Å². The van der Waals surface area contributed by atoms with Crippen LogP contribution in [0.5, 0.6) is 0 Å². The first-order chi connectivity index (χ1) is 17.0. The molecule has 0 bridgehead atoms. The van der Waals surface area contributed by atoms with Gasteiger partial charge in [0.1, 0.15) is 11.9 Å². The highest BCUT2D eigenvalue weighted by Gasteiger charge is 2.23. The number of amides is 3. The van der Waals surface area contributed by atoms with Gasteiger partial charge < -0.3 is 20.9 Å². The zero-order valence-electron chi connectivity index (χ0n) is 19.9.